The second kappa shape index (κ2) is 4.60. The summed E-state index contributed by atoms with van der Waals surface area (Å²) in [6.07, 6.45) is 0. The average Bonchev–Trinajstić information content (AvgIpc) is 2.08. The van der Waals surface area contributed by atoms with E-state index in [1.54, 1.807) is 0 Å². The Balaban J connectivity index is 2.85. The molecule has 0 radical (unpaired) electrons. The van der Waals surface area contributed by atoms with E-state index in [0.717, 1.165) is 17.9 Å². The van der Waals surface area contributed by atoms with Crippen molar-refractivity contribution in [1.82, 2.24) is 9.97 Å². The molecule has 0 aliphatic heterocycles. The Labute approximate surface area is 89.9 Å². The lowest BCUT2D eigenvalue weighted by Gasteiger charge is -2.11. The Kier molecular flexibility index (Phi) is 3.69. The van der Waals surface area contributed by atoms with Gasteiger partial charge in [-0.05, 0) is 19.8 Å². The molecule has 0 unspecified atom stereocenters. The number of hydrogen-bond acceptors (Lipinski definition) is 3. The van der Waals surface area contributed by atoms with E-state index >= 15 is 0 Å². The number of anilines is 1. The molecule has 0 saturated heterocycles. The van der Waals surface area contributed by atoms with Crippen LogP contribution in [0.4, 0.5) is 5.82 Å². The molecule has 0 aliphatic rings. The number of nitrogens with zero attached hydrogens (tertiary/aromatic N) is 2. The fraction of sp³-hybridized carbons (Fsp3) is 0.600. The van der Waals surface area contributed by atoms with E-state index in [2.05, 4.69) is 29.1 Å². The van der Waals surface area contributed by atoms with Gasteiger partial charge in [-0.2, -0.15) is 0 Å². The molecule has 0 aliphatic carbocycles. The van der Waals surface area contributed by atoms with E-state index in [4.69, 9.17) is 11.6 Å². The second-order valence-corrected chi connectivity index (χ2v) is 4.17. The topological polar surface area (TPSA) is 37.8 Å². The normalized spacial score (nSPS) is 10.7. The van der Waals surface area contributed by atoms with Crippen LogP contribution in [0.2, 0.25) is 5.15 Å². The van der Waals surface area contributed by atoms with Crippen molar-refractivity contribution in [2.45, 2.75) is 27.7 Å². The monoisotopic (exact) mass is 213 g/mol. The quantitative estimate of drug-likeness (QED) is 0.785. The molecule has 78 valence electrons. The highest BCUT2D eigenvalue weighted by Crippen LogP contribution is 2.19. The van der Waals surface area contributed by atoms with E-state index in [1.165, 1.54) is 0 Å². The lowest BCUT2D eigenvalue weighted by Crippen LogP contribution is -2.11. The van der Waals surface area contributed by atoms with Gasteiger partial charge in [-0.15, -0.1) is 0 Å². The molecule has 1 N–H and O–H groups in total. The van der Waals surface area contributed by atoms with Gasteiger partial charge in [-0.1, -0.05) is 25.4 Å². The number of aromatic nitrogens is 2. The number of nitrogens with one attached hydrogen (secondary N) is 1. The Morgan fingerprint density at radius 3 is 2.50 bits per heavy atom. The van der Waals surface area contributed by atoms with E-state index in [1.807, 2.05) is 13.8 Å². The van der Waals surface area contributed by atoms with Crippen molar-refractivity contribution in [3.8, 4) is 0 Å². The highest BCUT2D eigenvalue weighted by molar-refractivity contribution is 6.30. The van der Waals surface area contributed by atoms with Crippen molar-refractivity contribution in [2.75, 3.05) is 11.9 Å². The molecule has 0 aromatic carbocycles. The standard InChI is InChI=1S/C10H16ClN3/c1-6(2)5-12-10-7(3)9(11)13-8(4)14-10/h6H,5H2,1-4H3,(H,12,13,14). The molecule has 1 rings (SSSR count). The van der Waals surface area contributed by atoms with Crippen LogP contribution in [0.25, 0.3) is 0 Å². The second-order valence-electron chi connectivity index (χ2n) is 3.81. The summed E-state index contributed by atoms with van der Waals surface area (Å²) < 4.78 is 0. The fourth-order valence-electron chi connectivity index (χ4n) is 1.07. The van der Waals surface area contributed by atoms with Crippen LogP contribution in [0.5, 0.6) is 0 Å². The Hall–Kier alpha value is -0.830. The van der Waals surface area contributed by atoms with Crippen LogP contribution in [-0.2, 0) is 0 Å². The lowest BCUT2D eigenvalue weighted by molar-refractivity contribution is 0.686. The number of rotatable bonds is 3. The number of aryl methyl sites for hydroxylation is 1. The summed E-state index contributed by atoms with van der Waals surface area (Å²) in [4.78, 5) is 8.37. The Bertz CT molecular complexity index is 323. The van der Waals surface area contributed by atoms with Crippen LogP contribution in [0.15, 0.2) is 0 Å². The van der Waals surface area contributed by atoms with Crippen molar-refractivity contribution < 1.29 is 0 Å². The zero-order chi connectivity index (χ0) is 10.7. The highest BCUT2D eigenvalue weighted by atomic mass is 35.5. The fourth-order valence-corrected chi connectivity index (χ4v) is 1.28. The minimum Gasteiger partial charge on any atom is -0.369 e. The van der Waals surface area contributed by atoms with Crippen LogP contribution >= 0.6 is 11.6 Å². The molecule has 1 heterocycles. The van der Waals surface area contributed by atoms with Crippen molar-refractivity contribution in [3.05, 3.63) is 16.5 Å². The van der Waals surface area contributed by atoms with Crippen LogP contribution in [0, 0.1) is 19.8 Å². The molecule has 4 heteroatoms. The highest BCUT2D eigenvalue weighted by Gasteiger charge is 2.06. The van der Waals surface area contributed by atoms with Crippen LogP contribution in [-0.4, -0.2) is 16.5 Å². The van der Waals surface area contributed by atoms with Gasteiger partial charge in [0.1, 0.15) is 16.8 Å². The third-order valence-electron chi connectivity index (χ3n) is 1.88. The van der Waals surface area contributed by atoms with Crippen LogP contribution < -0.4 is 5.32 Å². The SMILES string of the molecule is Cc1nc(Cl)c(C)c(NCC(C)C)n1. The molecule has 14 heavy (non-hydrogen) atoms. The first-order chi connectivity index (χ1) is 6.50. The van der Waals surface area contributed by atoms with Gasteiger partial charge in [-0.25, -0.2) is 9.97 Å². The summed E-state index contributed by atoms with van der Waals surface area (Å²) in [7, 11) is 0. The van der Waals surface area contributed by atoms with Gasteiger partial charge < -0.3 is 5.32 Å². The van der Waals surface area contributed by atoms with E-state index in [-0.39, 0.29) is 0 Å². The van der Waals surface area contributed by atoms with Crippen LogP contribution in [0.1, 0.15) is 25.2 Å². The molecule has 1 aromatic rings. The van der Waals surface area contributed by atoms with Crippen molar-refractivity contribution in [2.24, 2.45) is 5.92 Å². The van der Waals surface area contributed by atoms with Gasteiger partial charge in [0.05, 0.1) is 0 Å². The first-order valence-corrected chi connectivity index (χ1v) is 5.13. The largest absolute Gasteiger partial charge is 0.369 e. The zero-order valence-electron chi connectivity index (χ0n) is 9.06. The van der Waals surface area contributed by atoms with Gasteiger partial charge in [0.2, 0.25) is 0 Å². The summed E-state index contributed by atoms with van der Waals surface area (Å²) >= 11 is 5.94. The Morgan fingerprint density at radius 1 is 1.29 bits per heavy atom. The number of hydrogen-bond donors (Lipinski definition) is 1. The van der Waals surface area contributed by atoms with Crippen molar-refractivity contribution in [3.63, 3.8) is 0 Å². The van der Waals surface area contributed by atoms with Crippen LogP contribution in [0.3, 0.4) is 0 Å². The molecule has 0 amide bonds. The summed E-state index contributed by atoms with van der Waals surface area (Å²) in [5, 5.41) is 3.79. The van der Waals surface area contributed by atoms with E-state index < -0.39 is 0 Å². The molecular weight excluding hydrogens is 198 g/mol. The van der Waals surface area contributed by atoms with E-state index in [9.17, 15) is 0 Å². The van der Waals surface area contributed by atoms with Gasteiger partial charge in [-0.3, -0.25) is 0 Å². The molecule has 0 fully saturated rings. The molecule has 0 spiro atoms. The lowest BCUT2D eigenvalue weighted by atomic mass is 10.2. The average molecular weight is 214 g/mol. The number of halogens is 1. The third-order valence-corrected chi connectivity index (χ3v) is 2.24. The maximum atomic E-state index is 5.94. The maximum Gasteiger partial charge on any atom is 0.137 e. The minimum absolute atomic E-state index is 0.531. The van der Waals surface area contributed by atoms with E-state index in [0.29, 0.717) is 16.9 Å². The van der Waals surface area contributed by atoms with Crippen molar-refractivity contribution in [1.29, 1.82) is 0 Å². The third kappa shape index (κ3) is 2.84. The Morgan fingerprint density at radius 2 is 1.93 bits per heavy atom. The summed E-state index contributed by atoms with van der Waals surface area (Å²) in [6, 6.07) is 0. The van der Waals surface area contributed by atoms with Gasteiger partial charge in [0, 0.05) is 12.1 Å². The zero-order valence-corrected chi connectivity index (χ0v) is 9.81. The van der Waals surface area contributed by atoms with Gasteiger partial charge >= 0.3 is 0 Å². The maximum absolute atomic E-state index is 5.94. The van der Waals surface area contributed by atoms with Crippen molar-refractivity contribution >= 4 is 17.4 Å². The molecule has 1 aromatic heterocycles. The molecule has 0 bridgehead atoms. The molecule has 0 atom stereocenters. The molecule has 3 nitrogen and oxygen atoms in total. The summed E-state index contributed by atoms with van der Waals surface area (Å²) in [5.41, 5.74) is 0.915. The van der Waals surface area contributed by atoms with Gasteiger partial charge in [0.15, 0.2) is 0 Å². The summed E-state index contributed by atoms with van der Waals surface area (Å²) in [5.74, 6) is 2.13. The molecule has 0 saturated carbocycles. The first-order valence-electron chi connectivity index (χ1n) is 4.75. The smallest absolute Gasteiger partial charge is 0.137 e. The van der Waals surface area contributed by atoms with Gasteiger partial charge in [0.25, 0.3) is 0 Å². The minimum atomic E-state index is 0.531. The summed E-state index contributed by atoms with van der Waals surface area (Å²) in [6.45, 7) is 8.96. The molecular formula is C10H16ClN3. The predicted molar refractivity (Wildman–Crippen MR) is 59.8 cm³/mol. The first kappa shape index (κ1) is 11.2. The predicted octanol–water partition coefficient (Wildman–Crippen LogP) is 2.81.